The second-order valence-electron chi connectivity index (χ2n) is 6.77. The molecular formula is C20H34IN3O3. The number of hydrogen-bond acceptors (Lipinski definition) is 4. The second kappa shape index (κ2) is 13.0. The molecule has 1 atom stereocenters. The van der Waals surface area contributed by atoms with Crippen LogP contribution in [0.2, 0.25) is 0 Å². The fourth-order valence-corrected chi connectivity index (χ4v) is 3.11. The molecule has 0 bridgehead atoms. The summed E-state index contributed by atoms with van der Waals surface area (Å²) in [5.41, 5.74) is 0. The molecule has 1 aromatic carbocycles. The van der Waals surface area contributed by atoms with Crippen LogP contribution < -0.4 is 14.8 Å². The lowest BCUT2D eigenvalue weighted by atomic mass is 9.96. The number of ether oxygens (including phenoxy) is 3. The zero-order chi connectivity index (χ0) is 18.8. The van der Waals surface area contributed by atoms with Crippen LogP contribution in [0.1, 0.15) is 26.2 Å². The van der Waals surface area contributed by atoms with Gasteiger partial charge in [-0.1, -0.05) is 12.1 Å². The van der Waals surface area contributed by atoms with Crippen LogP contribution in [-0.2, 0) is 4.74 Å². The van der Waals surface area contributed by atoms with Gasteiger partial charge in [-0.05, 0) is 44.2 Å². The number of methoxy groups -OCH3 is 1. The molecule has 0 radical (unpaired) electrons. The molecule has 27 heavy (non-hydrogen) atoms. The van der Waals surface area contributed by atoms with Gasteiger partial charge < -0.3 is 24.4 Å². The van der Waals surface area contributed by atoms with Crippen LogP contribution in [0.4, 0.5) is 0 Å². The van der Waals surface area contributed by atoms with Crippen molar-refractivity contribution in [2.24, 2.45) is 10.9 Å². The molecule has 1 saturated heterocycles. The first-order chi connectivity index (χ1) is 12.6. The van der Waals surface area contributed by atoms with E-state index < -0.39 is 0 Å². The number of halogens is 1. The predicted octanol–water partition coefficient (Wildman–Crippen LogP) is 3.40. The van der Waals surface area contributed by atoms with E-state index in [2.05, 4.69) is 22.3 Å². The Bertz CT molecular complexity index is 565. The summed E-state index contributed by atoms with van der Waals surface area (Å²) in [7, 11) is 5.56. The van der Waals surface area contributed by atoms with E-state index in [-0.39, 0.29) is 30.1 Å². The minimum Gasteiger partial charge on any atom is -0.493 e. The number of rotatable bonds is 8. The van der Waals surface area contributed by atoms with Crippen LogP contribution in [0.15, 0.2) is 29.3 Å². The Morgan fingerprint density at radius 3 is 2.59 bits per heavy atom. The first-order valence-corrected chi connectivity index (χ1v) is 9.43. The van der Waals surface area contributed by atoms with Gasteiger partial charge in [0, 0.05) is 33.9 Å². The SMILES string of the molecule is CN=C(NCC(C)Oc1ccccc1OC)N(C)CCC1CCOCC1.I. The van der Waals surface area contributed by atoms with Gasteiger partial charge in [-0.15, -0.1) is 24.0 Å². The minimum absolute atomic E-state index is 0. The van der Waals surface area contributed by atoms with Crippen LogP contribution in [-0.4, -0.2) is 64.5 Å². The summed E-state index contributed by atoms with van der Waals surface area (Å²) in [4.78, 5) is 6.58. The van der Waals surface area contributed by atoms with Crippen molar-refractivity contribution in [3.63, 3.8) is 0 Å². The molecule has 0 spiro atoms. The number of aliphatic imine (C=N–C) groups is 1. The largest absolute Gasteiger partial charge is 0.493 e. The normalized spacial score (nSPS) is 16.2. The van der Waals surface area contributed by atoms with Crippen molar-refractivity contribution in [3.05, 3.63) is 24.3 Å². The Balaban J connectivity index is 0.00000364. The van der Waals surface area contributed by atoms with Crippen molar-refractivity contribution >= 4 is 29.9 Å². The molecule has 0 aromatic heterocycles. The highest BCUT2D eigenvalue weighted by Gasteiger charge is 2.16. The summed E-state index contributed by atoms with van der Waals surface area (Å²) in [5, 5.41) is 3.40. The lowest BCUT2D eigenvalue weighted by Crippen LogP contribution is -2.43. The lowest BCUT2D eigenvalue weighted by Gasteiger charge is -2.27. The van der Waals surface area contributed by atoms with Gasteiger partial charge in [0.1, 0.15) is 6.10 Å². The molecule has 154 valence electrons. The fourth-order valence-electron chi connectivity index (χ4n) is 3.11. The monoisotopic (exact) mass is 491 g/mol. The molecule has 1 fully saturated rings. The quantitative estimate of drug-likeness (QED) is 0.343. The molecule has 0 saturated carbocycles. The maximum absolute atomic E-state index is 5.99. The Labute approximate surface area is 180 Å². The number of benzene rings is 1. The van der Waals surface area contributed by atoms with Crippen LogP contribution in [0.3, 0.4) is 0 Å². The molecule has 7 heteroatoms. The molecule has 1 heterocycles. The zero-order valence-corrected chi connectivity index (χ0v) is 19.3. The molecule has 1 aromatic rings. The molecule has 0 amide bonds. The van der Waals surface area contributed by atoms with E-state index in [9.17, 15) is 0 Å². The Morgan fingerprint density at radius 2 is 1.96 bits per heavy atom. The molecule has 6 nitrogen and oxygen atoms in total. The van der Waals surface area contributed by atoms with E-state index in [0.717, 1.165) is 43.1 Å². The summed E-state index contributed by atoms with van der Waals surface area (Å²) in [6.07, 6.45) is 3.51. The van der Waals surface area contributed by atoms with E-state index in [4.69, 9.17) is 14.2 Å². The Morgan fingerprint density at radius 1 is 1.30 bits per heavy atom. The van der Waals surface area contributed by atoms with Crippen molar-refractivity contribution in [3.8, 4) is 11.5 Å². The lowest BCUT2D eigenvalue weighted by molar-refractivity contribution is 0.0625. The van der Waals surface area contributed by atoms with Crippen LogP contribution in [0.5, 0.6) is 11.5 Å². The van der Waals surface area contributed by atoms with Gasteiger partial charge in [0.2, 0.25) is 0 Å². The number of para-hydroxylation sites is 2. The highest BCUT2D eigenvalue weighted by Crippen LogP contribution is 2.26. The number of hydrogen-bond donors (Lipinski definition) is 1. The van der Waals surface area contributed by atoms with Crippen molar-refractivity contribution in [1.29, 1.82) is 0 Å². The Hall–Kier alpha value is -1.22. The van der Waals surface area contributed by atoms with Gasteiger partial charge in [0.15, 0.2) is 17.5 Å². The predicted molar refractivity (Wildman–Crippen MR) is 121 cm³/mol. The molecule has 1 unspecified atom stereocenters. The maximum Gasteiger partial charge on any atom is 0.193 e. The first kappa shape index (κ1) is 23.8. The summed E-state index contributed by atoms with van der Waals surface area (Å²) in [6, 6.07) is 7.70. The van der Waals surface area contributed by atoms with Gasteiger partial charge in [0.05, 0.1) is 13.7 Å². The van der Waals surface area contributed by atoms with Gasteiger partial charge in [0.25, 0.3) is 0 Å². The fraction of sp³-hybridized carbons (Fsp3) is 0.650. The van der Waals surface area contributed by atoms with Crippen molar-refractivity contribution in [1.82, 2.24) is 10.2 Å². The highest BCUT2D eigenvalue weighted by molar-refractivity contribution is 14.0. The maximum atomic E-state index is 5.99. The van der Waals surface area contributed by atoms with Gasteiger partial charge in [-0.25, -0.2) is 0 Å². The number of nitrogens with one attached hydrogen (secondary N) is 1. The standard InChI is InChI=1S/C20H33N3O3.HI/c1-16(26-19-8-6-5-7-18(19)24-4)15-22-20(21-2)23(3)12-9-17-10-13-25-14-11-17;/h5-8,16-17H,9-15H2,1-4H3,(H,21,22);1H. The van der Waals surface area contributed by atoms with Crippen LogP contribution >= 0.6 is 24.0 Å². The van der Waals surface area contributed by atoms with Gasteiger partial charge in [-0.3, -0.25) is 4.99 Å². The van der Waals surface area contributed by atoms with Gasteiger partial charge in [-0.2, -0.15) is 0 Å². The molecule has 1 aliphatic heterocycles. The third-order valence-electron chi connectivity index (χ3n) is 4.73. The van der Waals surface area contributed by atoms with Crippen LogP contribution in [0, 0.1) is 5.92 Å². The summed E-state index contributed by atoms with van der Waals surface area (Å²) in [6.45, 7) is 5.51. The molecule has 1 N–H and O–H groups in total. The van der Waals surface area contributed by atoms with Crippen molar-refractivity contribution < 1.29 is 14.2 Å². The molecular weight excluding hydrogens is 457 g/mol. The van der Waals surface area contributed by atoms with E-state index in [0.29, 0.717) is 6.54 Å². The summed E-state index contributed by atoms with van der Waals surface area (Å²) < 4.78 is 16.8. The molecule has 0 aliphatic carbocycles. The summed E-state index contributed by atoms with van der Waals surface area (Å²) in [5.74, 6) is 3.16. The number of nitrogens with zero attached hydrogens (tertiary/aromatic N) is 2. The smallest absolute Gasteiger partial charge is 0.193 e. The molecule has 2 rings (SSSR count). The summed E-state index contributed by atoms with van der Waals surface area (Å²) >= 11 is 0. The highest BCUT2D eigenvalue weighted by atomic mass is 127. The molecule has 1 aliphatic rings. The minimum atomic E-state index is -0.00746. The topological polar surface area (TPSA) is 55.3 Å². The number of guanidine groups is 1. The average molecular weight is 491 g/mol. The Kier molecular flexibility index (Phi) is 11.5. The van der Waals surface area contributed by atoms with E-state index in [1.807, 2.05) is 38.2 Å². The van der Waals surface area contributed by atoms with Crippen molar-refractivity contribution in [2.45, 2.75) is 32.3 Å². The second-order valence-corrected chi connectivity index (χ2v) is 6.77. The van der Waals surface area contributed by atoms with E-state index in [1.165, 1.54) is 19.3 Å². The van der Waals surface area contributed by atoms with Crippen LogP contribution in [0.25, 0.3) is 0 Å². The third-order valence-corrected chi connectivity index (χ3v) is 4.73. The van der Waals surface area contributed by atoms with Gasteiger partial charge >= 0.3 is 0 Å². The average Bonchev–Trinajstić information content (AvgIpc) is 2.68. The van der Waals surface area contributed by atoms with E-state index in [1.54, 1.807) is 7.11 Å². The third kappa shape index (κ3) is 8.13. The first-order valence-electron chi connectivity index (χ1n) is 9.43. The van der Waals surface area contributed by atoms with Crippen molar-refractivity contribution in [2.75, 3.05) is 47.5 Å². The van der Waals surface area contributed by atoms with E-state index >= 15 is 0 Å². The zero-order valence-electron chi connectivity index (χ0n) is 16.9.